The van der Waals surface area contributed by atoms with Gasteiger partial charge in [0.1, 0.15) is 5.69 Å². The van der Waals surface area contributed by atoms with Gasteiger partial charge in [0, 0.05) is 17.7 Å². The SMILES string of the molecule is Cc1cn[nH]c1C(=O)c1ccc(S(=O)(=O)Cl)n1C. The molecule has 0 aliphatic carbocycles. The Balaban J connectivity index is 2.52. The highest BCUT2D eigenvalue weighted by atomic mass is 35.7. The molecular formula is C10H10ClN3O3S. The van der Waals surface area contributed by atoms with Gasteiger partial charge in [-0.05, 0) is 24.6 Å². The molecule has 1 N–H and O–H groups in total. The molecule has 0 saturated carbocycles. The van der Waals surface area contributed by atoms with E-state index < -0.39 is 9.05 Å². The summed E-state index contributed by atoms with van der Waals surface area (Å²) in [5.41, 5.74) is 1.24. The van der Waals surface area contributed by atoms with Crippen molar-refractivity contribution in [1.82, 2.24) is 14.8 Å². The molecule has 18 heavy (non-hydrogen) atoms. The van der Waals surface area contributed by atoms with Gasteiger partial charge in [0.15, 0.2) is 5.03 Å². The smallest absolute Gasteiger partial charge is 0.276 e. The van der Waals surface area contributed by atoms with E-state index in [9.17, 15) is 13.2 Å². The Morgan fingerprint density at radius 1 is 1.44 bits per heavy atom. The number of aromatic amines is 1. The van der Waals surface area contributed by atoms with Crippen LogP contribution in [0.1, 0.15) is 21.7 Å². The van der Waals surface area contributed by atoms with Crippen molar-refractivity contribution in [2.24, 2.45) is 7.05 Å². The summed E-state index contributed by atoms with van der Waals surface area (Å²) >= 11 is 0. The van der Waals surface area contributed by atoms with E-state index in [1.807, 2.05) is 0 Å². The Hall–Kier alpha value is -1.60. The van der Waals surface area contributed by atoms with Gasteiger partial charge in [0.05, 0.1) is 11.9 Å². The molecule has 0 spiro atoms. The van der Waals surface area contributed by atoms with Crippen LogP contribution in [0.3, 0.4) is 0 Å². The molecule has 0 unspecified atom stereocenters. The van der Waals surface area contributed by atoms with Gasteiger partial charge in [-0.25, -0.2) is 8.42 Å². The van der Waals surface area contributed by atoms with Crippen LogP contribution in [0.4, 0.5) is 0 Å². The van der Waals surface area contributed by atoms with Crippen molar-refractivity contribution in [1.29, 1.82) is 0 Å². The van der Waals surface area contributed by atoms with Crippen LogP contribution in [0.15, 0.2) is 23.4 Å². The second-order valence-electron chi connectivity index (χ2n) is 3.81. The zero-order chi connectivity index (χ0) is 13.5. The minimum Gasteiger partial charge on any atom is -0.331 e. The van der Waals surface area contributed by atoms with Crippen LogP contribution >= 0.6 is 10.7 Å². The normalized spacial score (nSPS) is 11.7. The first-order chi connectivity index (χ1) is 8.32. The van der Waals surface area contributed by atoms with Crippen molar-refractivity contribution in [2.45, 2.75) is 11.9 Å². The summed E-state index contributed by atoms with van der Waals surface area (Å²) in [6.07, 6.45) is 1.52. The van der Waals surface area contributed by atoms with E-state index in [0.717, 1.165) is 0 Å². The number of nitrogens with zero attached hydrogens (tertiary/aromatic N) is 2. The fourth-order valence-corrected chi connectivity index (χ4v) is 2.79. The van der Waals surface area contributed by atoms with Crippen LogP contribution in [0.5, 0.6) is 0 Å². The van der Waals surface area contributed by atoms with Gasteiger partial charge in [-0.3, -0.25) is 9.89 Å². The van der Waals surface area contributed by atoms with Gasteiger partial charge in [-0.1, -0.05) is 0 Å². The van der Waals surface area contributed by atoms with Crippen LogP contribution in [0, 0.1) is 6.92 Å². The molecule has 2 aromatic heterocycles. The molecule has 2 heterocycles. The van der Waals surface area contributed by atoms with Crippen molar-refractivity contribution in [3.63, 3.8) is 0 Å². The van der Waals surface area contributed by atoms with E-state index in [4.69, 9.17) is 10.7 Å². The number of rotatable bonds is 3. The lowest BCUT2D eigenvalue weighted by molar-refractivity contribution is 0.102. The van der Waals surface area contributed by atoms with E-state index in [1.165, 1.54) is 29.9 Å². The summed E-state index contributed by atoms with van der Waals surface area (Å²) < 4.78 is 23.8. The lowest BCUT2D eigenvalue weighted by atomic mass is 10.1. The van der Waals surface area contributed by atoms with E-state index in [2.05, 4.69) is 10.2 Å². The Labute approximate surface area is 108 Å². The molecule has 0 aromatic carbocycles. The van der Waals surface area contributed by atoms with Crippen molar-refractivity contribution < 1.29 is 13.2 Å². The number of carbonyl (C=O) groups is 1. The third-order valence-corrected chi connectivity index (χ3v) is 4.00. The first-order valence-electron chi connectivity index (χ1n) is 4.97. The first kappa shape index (κ1) is 12.8. The molecule has 2 aromatic rings. The minimum atomic E-state index is -3.87. The van der Waals surface area contributed by atoms with Crippen LogP contribution in [-0.2, 0) is 16.1 Å². The molecule has 0 aliphatic rings. The van der Waals surface area contributed by atoms with Crippen molar-refractivity contribution in [3.8, 4) is 0 Å². The predicted molar refractivity (Wildman–Crippen MR) is 65.2 cm³/mol. The lowest BCUT2D eigenvalue weighted by Crippen LogP contribution is -2.11. The number of nitrogens with one attached hydrogen (secondary N) is 1. The average molecular weight is 288 g/mol. The van der Waals surface area contributed by atoms with Crippen LogP contribution in [0.2, 0.25) is 0 Å². The van der Waals surface area contributed by atoms with Crippen molar-refractivity contribution in [3.05, 3.63) is 35.3 Å². The third-order valence-electron chi connectivity index (χ3n) is 2.61. The summed E-state index contributed by atoms with van der Waals surface area (Å²) in [6.45, 7) is 1.73. The Kier molecular flexibility index (Phi) is 3.04. The quantitative estimate of drug-likeness (QED) is 0.679. The fourth-order valence-electron chi connectivity index (χ4n) is 1.67. The van der Waals surface area contributed by atoms with Crippen molar-refractivity contribution >= 4 is 25.5 Å². The van der Waals surface area contributed by atoms with Crippen molar-refractivity contribution in [2.75, 3.05) is 0 Å². The fraction of sp³-hybridized carbons (Fsp3) is 0.200. The Bertz CT molecular complexity index is 715. The molecule has 0 fully saturated rings. The second-order valence-corrected chi connectivity index (χ2v) is 6.32. The molecule has 96 valence electrons. The molecule has 0 radical (unpaired) electrons. The lowest BCUT2D eigenvalue weighted by Gasteiger charge is -2.04. The highest BCUT2D eigenvalue weighted by Crippen LogP contribution is 2.20. The first-order valence-corrected chi connectivity index (χ1v) is 7.28. The third kappa shape index (κ3) is 2.06. The van der Waals surface area contributed by atoms with Crippen LogP contribution in [0.25, 0.3) is 0 Å². The van der Waals surface area contributed by atoms with Gasteiger partial charge in [-0.15, -0.1) is 0 Å². The summed E-state index contributed by atoms with van der Waals surface area (Å²) in [7, 11) is 2.86. The molecular weight excluding hydrogens is 278 g/mol. The monoisotopic (exact) mass is 287 g/mol. The Morgan fingerprint density at radius 3 is 2.56 bits per heavy atom. The maximum absolute atomic E-state index is 12.2. The molecule has 0 bridgehead atoms. The standard InChI is InChI=1S/C10H10ClN3O3S/c1-6-5-12-13-9(6)10(15)7-3-4-8(14(7)2)18(11,16)17/h3-5H,1-2H3,(H,12,13). The second kappa shape index (κ2) is 4.25. The maximum Gasteiger partial charge on any atom is 0.276 e. The molecule has 2 rings (SSSR count). The maximum atomic E-state index is 12.2. The van der Waals surface area contributed by atoms with E-state index >= 15 is 0 Å². The van der Waals surface area contributed by atoms with Gasteiger partial charge in [0.2, 0.25) is 5.78 Å². The number of halogens is 1. The van der Waals surface area contributed by atoms with Gasteiger partial charge < -0.3 is 4.57 Å². The average Bonchev–Trinajstić information content (AvgIpc) is 2.82. The zero-order valence-corrected chi connectivity index (χ0v) is 11.2. The van der Waals surface area contributed by atoms with E-state index in [0.29, 0.717) is 11.3 Å². The van der Waals surface area contributed by atoms with Crippen LogP contribution in [-0.4, -0.2) is 29.0 Å². The topological polar surface area (TPSA) is 84.8 Å². The van der Waals surface area contributed by atoms with E-state index in [1.54, 1.807) is 6.92 Å². The number of hydrogen-bond donors (Lipinski definition) is 1. The summed E-state index contributed by atoms with van der Waals surface area (Å²) in [5.74, 6) is -0.334. The molecule has 8 heteroatoms. The van der Waals surface area contributed by atoms with Gasteiger partial charge in [0.25, 0.3) is 9.05 Å². The summed E-state index contributed by atoms with van der Waals surface area (Å²) in [6, 6.07) is 2.71. The molecule has 0 atom stereocenters. The number of aryl methyl sites for hydroxylation is 1. The molecule has 0 aliphatic heterocycles. The van der Waals surface area contributed by atoms with E-state index in [-0.39, 0.29) is 16.5 Å². The summed E-state index contributed by atoms with van der Waals surface area (Å²) in [5, 5.41) is 6.22. The van der Waals surface area contributed by atoms with Crippen LogP contribution < -0.4 is 0 Å². The highest BCUT2D eigenvalue weighted by molar-refractivity contribution is 8.13. The highest BCUT2D eigenvalue weighted by Gasteiger charge is 2.22. The number of aromatic nitrogens is 3. The summed E-state index contributed by atoms with van der Waals surface area (Å²) in [4.78, 5) is 12.2. The molecule has 0 saturated heterocycles. The molecule has 6 nitrogen and oxygen atoms in total. The number of hydrogen-bond acceptors (Lipinski definition) is 4. The zero-order valence-electron chi connectivity index (χ0n) is 9.64. The largest absolute Gasteiger partial charge is 0.331 e. The molecule has 0 amide bonds. The number of carbonyl (C=O) groups excluding carboxylic acids is 1. The predicted octanol–water partition coefficient (Wildman–Crippen LogP) is 1.22. The minimum absolute atomic E-state index is 0.121. The number of H-pyrrole nitrogens is 1. The Morgan fingerprint density at radius 2 is 2.11 bits per heavy atom. The van der Waals surface area contributed by atoms with Gasteiger partial charge in [-0.2, -0.15) is 5.10 Å². The number of ketones is 1. The van der Waals surface area contributed by atoms with Gasteiger partial charge >= 0.3 is 0 Å².